The molecule has 0 spiro atoms. The number of fused-ring (bicyclic) bond motifs is 3. The predicted octanol–water partition coefficient (Wildman–Crippen LogP) is 8.15. The molecule has 3 amide bonds. The average molecular weight is 916 g/mol. The molecule has 0 saturated heterocycles. The molecule has 0 atom stereocenters. The van der Waals surface area contributed by atoms with Crippen molar-refractivity contribution in [2.24, 2.45) is 0 Å². The molecule has 0 saturated carbocycles. The Hall–Kier alpha value is -3.69. The van der Waals surface area contributed by atoms with Crippen LogP contribution >= 0.6 is 47.8 Å². The molecule has 2 aliphatic carbocycles. The van der Waals surface area contributed by atoms with Gasteiger partial charge in [0, 0.05) is 27.8 Å². The van der Waals surface area contributed by atoms with Gasteiger partial charge in [0.25, 0.3) is 15.9 Å². The van der Waals surface area contributed by atoms with Crippen LogP contribution < -0.4 is 19.7 Å². The van der Waals surface area contributed by atoms with Crippen LogP contribution in [-0.4, -0.2) is 51.8 Å². The lowest BCUT2D eigenvalue weighted by Crippen LogP contribution is -2.35. The Bertz CT molecular complexity index is 2170. The smallest absolute Gasteiger partial charge is 0.333 e. The number of urea groups is 1. The van der Waals surface area contributed by atoms with Gasteiger partial charge in [0.1, 0.15) is 18.1 Å². The number of anilines is 2. The molecule has 7 rings (SSSR count). The van der Waals surface area contributed by atoms with E-state index in [1.165, 1.54) is 35.4 Å². The third-order valence-corrected chi connectivity index (χ3v) is 12.4. The van der Waals surface area contributed by atoms with Crippen molar-refractivity contribution in [2.75, 3.05) is 36.6 Å². The predicted molar refractivity (Wildman–Crippen MR) is 210 cm³/mol. The quantitative estimate of drug-likeness (QED) is 0.102. The Morgan fingerprint density at radius 3 is 2.21 bits per heavy atom. The maximum atomic E-state index is 13.6. The molecule has 1 aliphatic heterocycles. The van der Waals surface area contributed by atoms with Crippen molar-refractivity contribution in [3.05, 3.63) is 107 Å². The molecule has 4 aromatic rings. The first-order chi connectivity index (χ1) is 25.0. The fourth-order valence-electron chi connectivity index (χ4n) is 7.00. The molecule has 10 nitrogen and oxygen atoms in total. The van der Waals surface area contributed by atoms with Crippen molar-refractivity contribution in [1.82, 2.24) is 4.72 Å². The number of ether oxygens (including phenoxy) is 2. The van der Waals surface area contributed by atoms with Crippen LogP contribution in [0.3, 0.4) is 0 Å². The topological polar surface area (TPSA) is 134 Å². The highest BCUT2D eigenvalue weighted by molar-refractivity contribution is 9.11. The Balaban J connectivity index is 0.901. The number of rotatable bonds is 11. The van der Waals surface area contributed by atoms with E-state index in [0.29, 0.717) is 26.8 Å². The van der Waals surface area contributed by atoms with E-state index >= 15 is 0 Å². The Morgan fingerprint density at radius 2 is 1.54 bits per heavy atom. The zero-order chi connectivity index (χ0) is 36.6. The summed E-state index contributed by atoms with van der Waals surface area (Å²) in [5.41, 5.74) is 8.33. The van der Waals surface area contributed by atoms with Gasteiger partial charge in [-0.05, 0) is 159 Å². The fourth-order valence-corrected chi connectivity index (χ4v) is 9.49. The minimum Gasteiger partial charge on any atom is -0.506 e. The molecule has 3 aliphatic rings. The maximum absolute atomic E-state index is 13.6. The number of nitrogens with zero attached hydrogens (tertiary/aromatic N) is 1. The van der Waals surface area contributed by atoms with Crippen LogP contribution in [0.25, 0.3) is 11.6 Å². The first kappa shape index (κ1) is 36.7. The summed E-state index contributed by atoms with van der Waals surface area (Å²) < 4.78 is 41.6. The van der Waals surface area contributed by atoms with Gasteiger partial charge in [0.15, 0.2) is 0 Å². The molecule has 52 heavy (non-hydrogen) atoms. The lowest BCUT2D eigenvalue weighted by atomic mass is 9.99. The number of benzene rings is 4. The number of aryl methyl sites for hydroxylation is 2. The van der Waals surface area contributed by atoms with Gasteiger partial charge in [-0.2, -0.15) is 0 Å². The normalized spacial score (nSPS) is 15.5. The van der Waals surface area contributed by atoms with E-state index in [1.807, 2.05) is 18.2 Å². The molecule has 270 valence electrons. The third kappa shape index (κ3) is 7.67. The molecule has 1 heterocycles. The van der Waals surface area contributed by atoms with Crippen molar-refractivity contribution < 1.29 is 32.6 Å². The van der Waals surface area contributed by atoms with E-state index in [4.69, 9.17) is 9.47 Å². The van der Waals surface area contributed by atoms with Gasteiger partial charge in [0.05, 0.1) is 32.7 Å². The fraction of sp³-hybridized carbons (Fsp3) is 0.263. The summed E-state index contributed by atoms with van der Waals surface area (Å²) in [6.07, 6.45) is 7.55. The summed E-state index contributed by atoms with van der Waals surface area (Å²) >= 11 is 10.2. The van der Waals surface area contributed by atoms with Gasteiger partial charge in [-0.25, -0.2) is 17.9 Å². The molecule has 4 aromatic carbocycles. The number of amides is 3. The minimum atomic E-state index is -4.12. The molecule has 0 bridgehead atoms. The van der Waals surface area contributed by atoms with Crippen LogP contribution in [0.2, 0.25) is 0 Å². The zero-order valence-corrected chi connectivity index (χ0v) is 33.4. The summed E-state index contributed by atoms with van der Waals surface area (Å²) in [4.78, 5) is 28.1. The van der Waals surface area contributed by atoms with Crippen molar-refractivity contribution in [1.29, 1.82) is 0 Å². The highest BCUT2D eigenvalue weighted by Crippen LogP contribution is 2.41. The molecule has 0 unspecified atom stereocenters. The number of sulfonamides is 1. The zero-order valence-electron chi connectivity index (χ0n) is 27.8. The van der Waals surface area contributed by atoms with E-state index in [1.54, 1.807) is 23.1 Å². The molecule has 0 aromatic heterocycles. The maximum Gasteiger partial charge on any atom is 0.333 e. The van der Waals surface area contributed by atoms with Crippen LogP contribution in [0.15, 0.2) is 79.0 Å². The second-order valence-electron chi connectivity index (χ2n) is 12.7. The lowest BCUT2D eigenvalue weighted by Gasteiger charge is -2.17. The van der Waals surface area contributed by atoms with Crippen LogP contribution in [0.4, 0.5) is 16.2 Å². The van der Waals surface area contributed by atoms with Crippen LogP contribution in [0, 0.1) is 0 Å². The van der Waals surface area contributed by atoms with E-state index in [0.717, 1.165) is 76.6 Å². The summed E-state index contributed by atoms with van der Waals surface area (Å²) in [5.74, 6) is 0.360. The number of carbonyl (C=O) groups is 2. The van der Waals surface area contributed by atoms with E-state index in [-0.39, 0.29) is 36.4 Å². The van der Waals surface area contributed by atoms with Crippen LogP contribution in [0.1, 0.15) is 46.2 Å². The molecule has 3 N–H and O–H groups in total. The van der Waals surface area contributed by atoms with Crippen molar-refractivity contribution >= 4 is 92.8 Å². The van der Waals surface area contributed by atoms with Gasteiger partial charge in [0.2, 0.25) is 0 Å². The van der Waals surface area contributed by atoms with Gasteiger partial charge >= 0.3 is 6.03 Å². The molecule has 0 fully saturated rings. The van der Waals surface area contributed by atoms with Gasteiger partial charge in [-0.15, -0.1) is 0 Å². The lowest BCUT2D eigenvalue weighted by molar-refractivity contribution is -0.113. The monoisotopic (exact) mass is 913 g/mol. The van der Waals surface area contributed by atoms with Gasteiger partial charge in [-0.3, -0.25) is 4.79 Å². The SMILES string of the molecule is O=C(Nc1c2c(cc3c1CCC3)CCC2)NS(=O)(=O)c1ccc(OCCOCCN2C(=O)/C(=C/c3cc(Br)c(O)c(Br)c3)c3cc(Br)ccc32)cc1. The molecular weight excluding hydrogens is 882 g/mol. The number of aromatic hydroxyl groups is 1. The number of carbonyl (C=O) groups excluding carboxylic acids is 2. The highest BCUT2D eigenvalue weighted by Gasteiger charge is 2.32. The first-order valence-corrected chi connectivity index (χ1v) is 20.7. The highest BCUT2D eigenvalue weighted by atomic mass is 79.9. The first-order valence-electron chi connectivity index (χ1n) is 16.8. The third-order valence-electron chi connectivity index (χ3n) is 9.39. The van der Waals surface area contributed by atoms with Crippen LogP contribution in [0.5, 0.6) is 11.5 Å². The Kier molecular flexibility index (Phi) is 10.8. The van der Waals surface area contributed by atoms with Crippen molar-refractivity contribution in [2.45, 2.75) is 43.4 Å². The minimum absolute atomic E-state index is 0.0588. The summed E-state index contributed by atoms with van der Waals surface area (Å²) in [6, 6.07) is 16.5. The van der Waals surface area contributed by atoms with E-state index in [9.17, 15) is 23.1 Å². The average Bonchev–Trinajstić information content (AvgIpc) is 3.84. The Morgan fingerprint density at radius 1 is 0.865 bits per heavy atom. The second kappa shape index (κ2) is 15.3. The van der Waals surface area contributed by atoms with E-state index in [2.05, 4.69) is 63.9 Å². The number of nitrogens with one attached hydrogen (secondary N) is 2. The molecule has 14 heteroatoms. The number of halogens is 3. The number of hydrogen-bond acceptors (Lipinski definition) is 7. The number of phenols is 1. The summed E-state index contributed by atoms with van der Waals surface area (Å²) in [6.45, 7) is 1.01. The standard InChI is InChI=1S/C38H34Br3N3O7S/c39-25-7-12-34-30(21-25)31(17-22-18-32(40)36(45)33(41)19-22)37(46)44(34)13-14-50-15-16-51-26-8-10-27(11-9-26)52(48,49)43-38(47)42-35-28-5-1-3-23(28)20-24-4-2-6-29(24)35/h7-12,17-21,45H,1-6,13-16H2,(H2,42,43,47)/b31-17+. The van der Waals surface area contributed by atoms with Gasteiger partial charge < -0.3 is 24.8 Å². The summed E-state index contributed by atoms with van der Waals surface area (Å²) in [7, 11) is -4.12. The summed E-state index contributed by atoms with van der Waals surface area (Å²) in [5, 5.41) is 13.0. The van der Waals surface area contributed by atoms with Crippen molar-refractivity contribution in [3.8, 4) is 11.5 Å². The largest absolute Gasteiger partial charge is 0.506 e. The molecule has 0 radical (unpaired) electrons. The Labute approximate surface area is 327 Å². The molecular formula is C38H34Br3N3O7S. The van der Waals surface area contributed by atoms with Crippen LogP contribution in [-0.2, 0) is 45.2 Å². The van der Waals surface area contributed by atoms with E-state index < -0.39 is 16.1 Å². The van der Waals surface area contributed by atoms with Gasteiger partial charge in [-0.1, -0.05) is 22.0 Å². The number of phenolic OH excluding ortho intramolecular Hbond substituents is 1. The van der Waals surface area contributed by atoms with Crippen molar-refractivity contribution in [3.63, 3.8) is 0 Å². The number of hydrogen-bond donors (Lipinski definition) is 3. The second-order valence-corrected chi connectivity index (χ2v) is 17.0.